The second-order valence-corrected chi connectivity index (χ2v) is 8.67. The molecule has 1 fully saturated rings. The molecule has 1 saturated heterocycles. The van der Waals surface area contributed by atoms with Crippen LogP contribution in [0.15, 0.2) is 66.7 Å². The van der Waals surface area contributed by atoms with Gasteiger partial charge in [-0.15, -0.1) is 0 Å². The van der Waals surface area contributed by atoms with Crippen molar-refractivity contribution >= 4 is 27.7 Å². The van der Waals surface area contributed by atoms with E-state index >= 15 is 0 Å². The van der Waals surface area contributed by atoms with Gasteiger partial charge in [-0.1, -0.05) is 54.6 Å². The first-order valence-corrected chi connectivity index (χ1v) is 11.2. The summed E-state index contributed by atoms with van der Waals surface area (Å²) in [6.45, 7) is 1.37. The predicted octanol–water partition coefficient (Wildman–Crippen LogP) is 5.69. The molecule has 0 aliphatic carbocycles. The summed E-state index contributed by atoms with van der Waals surface area (Å²) in [5.74, 6) is -0.725. The third-order valence-corrected chi connectivity index (χ3v) is 6.54. The van der Waals surface area contributed by atoms with E-state index in [-0.39, 0.29) is 18.4 Å². The molecule has 1 amide bonds. The number of hydrogen-bond donors (Lipinski definition) is 0. The molecule has 3 aromatic carbocycles. The minimum absolute atomic E-state index is 0.0605. The van der Waals surface area contributed by atoms with Gasteiger partial charge in [0, 0.05) is 19.6 Å². The average molecular weight is 451 g/mol. The largest absolute Gasteiger partial charge is 0.449 e. The van der Waals surface area contributed by atoms with E-state index in [0.29, 0.717) is 43.4 Å². The molecule has 0 radical (unpaired) electrons. The summed E-state index contributed by atoms with van der Waals surface area (Å²) >= 11 is 0. The highest BCUT2D eigenvalue weighted by Crippen LogP contribution is 2.33. The lowest BCUT2D eigenvalue weighted by Gasteiger charge is -2.32. The number of carbonyl (C=O) groups is 1. The number of likely N-dealkylation sites (tertiary alicyclic amines) is 1. The first-order valence-electron chi connectivity index (χ1n) is 11.2. The van der Waals surface area contributed by atoms with Gasteiger partial charge in [0.2, 0.25) is 11.7 Å². The third-order valence-electron chi connectivity index (χ3n) is 6.54. The average Bonchev–Trinajstić information content (AvgIpc) is 3.19. The summed E-state index contributed by atoms with van der Waals surface area (Å²) in [6.07, 6.45) is -2.83. The normalized spacial score (nSPS) is 15.4. The second-order valence-electron chi connectivity index (χ2n) is 8.67. The zero-order valence-electron chi connectivity index (χ0n) is 18.1. The fourth-order valence-corrected chi connectivity index (χ4v) is 4.82. The Balaban J connectivity index is 1.27. The summed E-state index contributed by atoms with van der Waals surface area (Å²) in [5.41, 5.74) is 1.85. The van der Waals surface area contributed by atoms with Gasteiger partial charge >= 0.3 is 6.18 Å². The van der Waals surface area contributed by atoms with Crippen molar-refractivity contribution < 1.29 is 18.0 Å². The van der Waals surface area contributed by atoms with Gasteiger partial charge in [0.15, 0.2) is 0 Å². The van der Waals surface area contributed by atoms with Crippen molar-refractivity contribution in [3.8, 4) is 0 Å². The summed E-state index contributed by atoms with van der Waals surface area (Å²) in [4.78, 5) is 18.6. The summed E-state index contributed by atoms with van der Waals surface area (Å²) in [5, 5.41) is 2.18. The molecule has 2 heterocycles. The number of amides is 1. The van der Waals surface area contributed by atoms with Crippen molar-refractivity contribution in [1.82, 2.24) is 14.5 Å². The minimum Gasteiger partial charge on any atom is -0.342 e. The number of piperidine rings is 1. The SMILES string of the molecule is O=C(Cc1cccc2ccccc12)N1CCC(Cn2c(C(F)(F)F)nc3ccccc32)CC1. The minimum atomic E-state index is -4.51. The Morgan fingerprint density at radius 1 is 0.939 bits per heavy atom. The van der Waals surface area contributed by atoms with Crippen LogP contribution in [0.2, 0.25) is 0 Å². The molecule has 170 valence electrons. The molecule has 0 N–H and O–H groups in total. The quantitative estimate of drug-likeness (QED) is 0.400. The summed E-state index contributed by atoms with van der Waals surface area (Å²) < 4.78 is 42.1. The molecule has 7 heteroatoms. The van der Waals surface area contributed by atoms with Gasteiger partial charge in [0.25, 0.3) is 0 Å². The number of benzene rings is 3. The molecule has 4 nitrogen and oxygen atoms in total. The number of fused-ring (bicyclic) bond motifs is 2. The molecule has 33 heavy (non-hydrogen) atoms. The van der Waals surface area contributed by atoms with E-state index in [1.807, 2.05) is 47.4 Å². The maximum Gasteiger partial charge on any atom is 0.449 e. The van der Waals surface area contributed by atoms with Crippen LogP contribution in [0.1, 0.15) is 24.2 Å². The van der Waals surface area contributed by atoms with Crippen LogP contribution < -0.4 is 0 Å². The fourth-order valence-electron chi connectivity index (χ4n) is 4.82. The molecule has 0 atom stereocenters. The Labute approximate surface area is 189 Å². The van der Waals surface area contributed by atoms with Crippen molar-refractivity contribution in [1.29, 1.82) is 0 Å². The van der Waals surface area contributed by atoms with Crippen molar-refractivity contribution in [3.05, 3.63) is 78.1 Å². The van der Waals surface area contributed by atoms with E-state index in [0.717, 1.165) is 16.3 Å². The number of nitrogens with zero attached hydrogens (tertiary/aromatic N) is 3. The Morgan fingerprint density at radius 2 is 1.64 bits per heavy atom. The Hall–Kier alpha value is -3.35. The van der Waals surface area contributed by atoms with Crippen molar-refractivity contribution in [3.63, 3.8) is 0 Å². The lowest BCUT2D eigenvalue weighted by molar-refractivity contribution is -0.147. The number of halogens is 3. The van der Waals surface area contributed by atoms with Crippen LogP contribution in [0.4, 0.5) is 13.2 Å². The highest BCUT2D eigenvalue weighted by Gasteiger charge is 2.38. The van der Waals surface area contributed by atoms with Crippen LogP contribution in [0.3, 0.4) is 0 Å². The van der Waals surface area contributed by atoms with E-state index in [1.165, 1.54) is 4.57 Å². The number of imidazole rings is 1. The lowest BCUT2D eigenvalue weighted by Crippen LogP contribution is -2.40. The molecule has 1 aromatic heterocycles. The van der Waals surface area contributed by atoms with E-state index in [2.05, 4.69) is 4.98 Å². The highest BCUT2D eigenvalue weighted by atomic mass is 19.4. The molecular weight excluding hydrogens is 427 g/mol. The van der Waals surface area contributed by atoms with E-state index in [4.69, 9.17) is 0 Å². The van der Waals surface area contributed by atoms with Gasteiger partial charge in [0.1, 0.15) is 0 Å². The summed E-state index contributed by atoms with van der Waals surface area (Å²) in [7, 11) is 0. The Bertz CT molecular complexity index is 1300. The zero-order chi connectivity index (χ0) is 23.0. The third kappa shape index (κ3) is 4.32. The number of aromatic nitrogens is 2. The van der Waals surface area contributed by atoms with Crippen LogP contribution >= 0.6 is 0 Å². The van der Waals surface area contributed by atoms with Crippen LogP contribution in [0.25, 0.3) is 21.8 Å². The van der Waals surface area contributed by atoms with Crippen LogP contribution in [0, 0.1) is 5.92 Å². The zero-order valence-corrected chi connectivity index (χ0v) is 18.1. The standard InChI is InChI=1S/C26H24F3N3O/c27-26(28,29)25-30-22-10-3-4-11-23(22)32(25)17-18-12-14-31(15-13-18)24(33)16-20-8-5-7-19-6-1-2-9-21(19)20/h1-11,18H,12-17H2. The van der Waals surface area contributed by atoms with Gasteiger partial charge < -0.3 is 9.47 Å². The first-order chi connectivity index (χ1) is 15.9. The monoisotopic (exact) mass is 451 g/mol. The van der Waals surface area contributed by atoms with Crippen LogP contribution in [-0.2, 0) is 23.9 Å². The fraction of sp³-hybridized carbons (Fsp3) is 0.308. The molecule has 0 spiro atoms. The van der Waals surface area contributed by atoms with Gasteiger partial charge in [-0.05, 0) is 47.2 Å². The van der Waals surface area contributed by atoms with Gasteiger partial charge in [-0.3, -0.25) is 4.79 Å². The second kappa shape index (κ2) is 8.54. The number of para-hydroxylation sites is 2. The van der Waals surface area contributed by atoms with Gasteiger partial charge in [0.05, 0.1) is 17.5 Å². The number of alkyl halides is 3. The molecule has 4 aromatic rings. The molecule has 0 unspecified atom stereocenters. The molecule has 1 aliphatic rings. The topological polar surface area (TPSA) is 38.1 Å². The Kier molecular flexibility index (Phi) is 5.56. The maximum absolute atomic E-state index is 13.6. The summed E-state index contributed by atoms with van der Waals surface area (Å²) in [6, 6.07) is 20.7. The van der Waals surface area contributed by atoms with E-state index < -0.39 is 12.0 Å². The first kappa shape index (κ1) is 21.5. The van der Waals surface area contributed by atoms with Crippen LogP contribution in [-0.4, -0.2) is 33.4 Å². The highest BCUT2D eigenvalue weighted by molar-refractivity contribution is 5.90. The number of rotatable bonds is 4. The van der Waals surface area contributed by atoms with Crippen molar-refractivity contribution in [2.75, 3.05) is 13.1 Å². The number of carbonyl (C=O) groups excluding carboxylic acids is 1. The molecule has 5 rings (SSSR count). The van der Waals surface area contributed by atoms with E-state index in [1.54, 1.807) is 24.3 Å². The molecule has 0 saturated carbocycles. The number of hydrogen-bond acceptors (Lipinski definition) is 2. The predicted molar refractivity (Wildman–Crippen MR) is 122 cm³/mol. The lowest BCUT2D eigenvalue weighted by atomic mass is 9.95. The Morgan fingerprint density at radius 3 is 2.42 bits per heavy atom. The van der Waals surface area contributed by atoms with E-state index in [9.17, 15) is 18.0 Å². The van der Waals surface area contributed by atoms with Crippen molar-refractivity contribution in [2.45, 2.75) is 32.0 Å². The smallest absolute Gasteiger partial charge is 0.342 e. The van der Waals surface area contributed by atoms with Gasteiger partial charge in [-0.2, -0.15) is 13.2 Å². The van der Waals surface area contributed by atoms with Gasteiger partial charge in [-0.25, -0.2) is 4.98 Å². The van der Waals surface area contributed by atoms with Crippen LogP contribution in [0.5, 0.6) is 0 Å². The molecule has 0 bridgehead atoms. The molecular formula is C26H24F3N3O. The molecule has 1 aliphatic heterocycles. The van der Waals surface area contributed by atoms with Crippen molar-refractivity contribution in [2.24, 2.45) is 5.92 Å². The maximum atomic E-state index is 13.6.